The van der Waals surface area contributed by atoms with E-state index in [0.717, 1.165) is 11.1 Å². The van der Waals surface area contributed by atoms with Crippen LogP contribution >= 0.6 is 11.6 Å². The number of aromatic nitrogens is 1. The van der Waals surface area contributed by atoms with E-state index in [4.69, 9.17) is 17.3 Å². The molecule has 0 unspecified atom stereocenters. The predicted molar refractivity (Wildman–Crippen MR) is 115 cm³/mol. The number of sulfone groups is 1. The third-order valence-electron chi connectivity index (χ3n) is 4.62. The molecule has 3 aromatic rings. The van der Waals surface area contributed by atoms with Gasteiger partial charge in [0.05, 0.1) is 11.4 Å². The van der Waals surface area contributed by atoms with Gasteiger partial charge in [-0.2, -0.15) is 0 Å². The first-order valence-electron chi connectivity index (χ1n) is 9.26. The van der Waals surface area contributed by atoms with Crippen LogP contribution in [0.5, 0.6) is 0 Å². The van der Waals surface area contributed by atoms with E-state index in [1.807, 2.05) is 19.9 Å². The Balaban J connectivity index is 2.07. The van der Waals surface area contributed by atoms with Crippen LogP contribution in [0.4, 0.5) is 0 Å². The Labute approximate surface area is 179 Å². The number of aryl methyl sites for hydroxylation is 3. The molecule has 158 valence electrons. The number of primary amides is 1. The van der Waals surface area contributed by atoms with Crippen LogP contribution in [0, 0.1) is 13.8 Å². The van der Waals surface area contributed by atoms with Gasteiger partial charge in [-0.05, 0) is 61.7 Å². The summed E-state index contributed by atoms with van der Waals surface area (Å²) in [5.74, 6) is -1.05. The van der Waals surface area contributed by atoms with E-state index < -0.39 is 21.7 Å². The Hall–Kier alpha value is -2.84. The minimum absolute atomic E-state index is 0.0107. The lowest BCUT2D eigenvalue weighted by Gasteiger charge is -2.09. The lowest BCUT2D eigenvalue weighted by atomic mass is 10.2. The van der Waals surface area contributed by atoms with E-state index in [9.17, 15) is 18.0 Å². The average molecular weight is 448 g/mol. The summed E-state index contributed by atoms with van der Waals surface area (Å²) < 4.78 is 27.2. The molecule has 0 saturated heterocycles. The van der Waals surface area contributed by atoms with E-state index >= 15 is 0 Å². The summed E-state index contributed by atoms with van der Waals surface area (Å²) in [7, 11) is -3.88. The molecule has 0 aliphatic carbocycles. The van der Waals surface area contributed by atoms with Crippen molar-refractivity contribution >= 4 is 44.2 Å². The third kappa shape index (κ3) is 4.66. The predicted octanol–water partition coefficient (Wildman–Crippen LogP) is 2.81. The molecule has 0 spiro atoms. The van der Waals surface area contributed by atoms with Gasteiger partial charge in [-0.25, -0.2) is 8.42 Å². The van der Waals surface area contributed by atoms with Crippen molar-refractivity contribution in [3.8, 4) is 0 Å². The molecule has 0 aliphatic heterocycles. The molecule has 9 heteroatoms. The molecular weight excluding hydrogens is 426 g/mol. The van der Waals surface area contributed by atoms with Crippen molar-refractivity contribution in [2.24, 2.45) is 5.73 Å². The highest BCUT2D eigenvalue weighted by atomic mass is 35.5. The highest BCUT2D eigenvalue weighted by Gasteiger charge is 2.27. The summed E-state index contributed by atoms with van der Waals surface area (Å²) in [6.07, 6.45) is 0.124. The van der Waals surface area contributed by atoms with Gasteiger partial charge in [0.1, 0.15) is 4.90 Å². The molecule has 30 heavy (non-hydrogen) atoms. The van der Waals surface area contributed by atoms with Crippen LogP contribution in [0.25, 0.3) is 10.9 Å². The number of carbonyl (C=O) groups is 2. The van der Waals surface area contributed by atoms with Crippen molar-refractivity contribution in [2.75, 3.05) is 6.54 Å². The second kappa shape index (κ2) is 8.49. The number of fused-ring (bicyclic) bond motifs is 1. The molecule has 2 aromatic carbocycles. The summed E-state index contributed by atoms with van der Waals surface area (Å²) in [5.41, 5.74) is 7.71. The fourth-order valence-corrected chi connectivity index (χ4v) is 5.42. The highest BCUT2D eigenvalue weighted by molar-refractivity contribution is 7.91. The molecule has 1 heterocycles. The minimum Gasteiger partial charge on any atom is -0.368 e. The van der Waals surface area contributed by atoms with Gasteiger partial charge in [-0.15, -0.1) is 0 Å². The Bertz CT molecular complexity index is 1230. The van der Waals surface area contributed by atoms with Crippen molar-refractivity contribution in [3.05, 3.63) is 58.2 Å². The highest BCUT2D eigenvalue weighted by Crippen LogP contribution is 2.34. The zero-order valence-corrected chi connectivity index (χ0v) is 18.2. The number of rotatable bonds is 7. The van der Waals surface area contributed by atoms with E-state index in [0.29, 0.717) is 21.6 Å². The third-order valence-corrected chi connectivity index (χ3v) is 6.72. The molecule has 0 aliphatic rings. The van der Waals surface area contributed by atoms with E-state index in [-0.39, 0.29) is 29.2 Å². The maximum atomic E-state index is 13.6. The number of benzene rings is 2. The van der Waals surface area contributed by atoms with Crippen LogP contribution in [-0.4, -0.2) is 31.8 Å². The van der Waals surface area contributed by atoms with Crippen molar-refractivity contribution in [3.63, 3.8) is 0 Å². The number of halogens is 1. The second-order valence-corrected chi connectivity index (χ2v) is 9.52. The number of H-pyrrole nitrogens is 1. The number of aromatic amines is 1. The molecule has 0 fully saturated rings. The van der Waals surface area contributed by atoms with Crippen LogP contribution in [0.2, 0.25) is 5.02 Å². The molecular formula is C21H22ClN3O4S. The Kier molecular flexibility index (Phi) is 6.19. The Morgan fingerprint density at radius 1 is 1.10 bits per heavy atom. The molecule has 7 nitrogen and oxygen atoms in total. The number of carbonyl (C=O) groups excluding carboxylic acids is 2. The quantitative estimate of drug-likeness (QED) is 0.515. The molecule has 0 bridgehead atoms. The Morgan fingerprint density at radius 2 is 1.77 bits per heavy atom. The number of amides is 2. The summed E-state index contributed by atoms with van der Waals surface area (Å²) in [4.78, 5) is 26.2. The molecule has 1 aromatic heterocycles. The maximum Gasteiger partial charge on any atom is 0.236 e. The normalized spacial score (nSPS) is 11.6. The van der Waals surface area contributed by atoms with Crippen molar-refractivity contribution in [1.82, 2.24) is 10.3 Å². The van der Waals surface area contributed by atoms with Gasteiger partial charge in [0, 0.05) is 28.0 Å². The van der Waals surface area contributed by atoms with E-state index in [2.05, 4.69) is 10.3 Å². The lowest BCUT2D eigenvalue weighted by molar-refractivity contribution is -0.124. The summed E-state index contributed by atoms with van der Waals surface area (Å²) in [5, 5.41) is 3.28. The van der Waals surface area contributed by atoms with Gasteiger partial charge < -0.3 is 16.0 Å². The zero-order valence-electron chi connectivity index (χ0n) is 16.6. The van der Waals surface area contributed by atoms with Crippen molar-refractivity contribution < 1.29 is 18.0 Å². The Morgan fingerprint density at radius 3 is 2.40 bits per heavy atom. The fourth-order valence-electron chi connectivity index (χ4n) is 3.40. The van der Waals surface area contributed by atoms with Crippen LogP contribution in [0.15, 0.2) is 46.2 Å². The molecule has 2 amide bonds. The van der Waals surface area contributed by atoms with Crippen LogP contribution in [0.3, 0.4) is 0 Å². The summed E-state index contributed by atoms with van der Waals surface area (Å²) in [6.45, 7) is 3.40. The van der Waals surface area contributed by atoms with E-state index in [1.165, 1.54) is 0 Å². The van der Waals surface area contributed by atoms with Gasteiger partial charge in [0.2, 0.25) is 21.7 Å². The van der Waals surface area contributed by atoms with Crippen molar-refractivity contribution in [1.29, 1.82) is 0 Å². The maximum absolute atomic E-state index is 13.6. The van der Waals surface area contributed by atoms with Gasteiger partial charge >= 0.3 is 0 Å². The smallest absolute Gasteiger partial charge is 0.236 e. The summed E-state index contributed by atoms with van der Waals surface area (Å²) in [6, 6.07) is 10.1. The number of hydrogen-bond acceptors (Lipinski definition) is 4. The lowest BCUT2D eigenvalue weighted by Crippen LogP contribution is -2.33. The monoisotopic (exact) mass is 447 g/mol. The first-order chi connectivity index (χ1) is 14.1. The number of nitrogens with two attached hydrogens (primary N) is 1. The van der Waals surface area contributed by atoms with Crippen molar-refractivity contribution in [2.45, 2.75) is 36.5 Å². The molecule has 3 rings (SSSR count). The second-order valence-electron chi connectivity index (χ2n) is 7.19. The number of hydrogen-bond donors (Lipinski definition) is 3. The van der Waals surface area contributed by atoms with Crippen LogP contribution < -0.4 is 11.1 Å². The first-order valence-corrected chi connectivity index (χ1v) is 11.1. The van der Waals surface area contributed by atoms with E-state index in [1.54, 1.807) is 30.3 Å². The molecule has 0 radical (unpaired) electrons. The fraction of sp³-hybridized carbons (Fsp3) is 0.238. The SMILES string of the molecule is Cc1cc(C)cc(S(=O)(=O)c2c(CCC(=O)NCC(N)=O)[nH]c3ccc(Cl)cc23)c1. The average Bonchev–Trinajstić information content (AvgIpc) is 3.02. The van der Waals surface area contributed by atoms with Gasteiger partial charge in [-0.3, -0.25) is 9.59 Å². The van der Waals surface area contributed by atoms with Crippen LogP contribution in [-0.2, 0) is 25.8 Å². The standard InChI is InChI=1S/C21H22ClN3O4S/c1-12-7-13(2)9-15(8-12)30(28,29)21-16-10-14(22)3-4-17(16)25-18(21)5-6-20(27)24-11-19(23)26/h3-4,7-10,25H,5-6,11H2,1-2H3,(H2,23,26)(H,24,27). The van der Waals surface area contributed by atoms with Gasteiger partial charge in [0.15, 0.2) is 0 Å². The molecule has 0 atom stereocenters. The largest absolute Gasteiger partial charge is 0.368 e. The van der Waals surface area contributed by atoms with Gasteiger partial charge in [0.25, 0.3) is 0 Å². The molecule has 0 saturated carbocycles. The number of nitrogens with one attached hydrogen (secondary N) is 2. The van der Waals surface area contributed by atoms with Crippen LogP contribution in [0.1, 0.15) is 23.2 Å². The molecule has 4 N–H and O–H groups in total. The minimum atomic E-state index is -3.88. The summed E-state index contributed by atoms with van der Waals surface area (Å²) >= 11 is 6.13. The topological polar surface area (TPSA) is 122 Å². The first kappa shape index (κ1) is 21.9. The zero-order chi connectivity index (χ0) is 22.1. The van der Waals surface area contributed by atoms with Gasteiger partial charge in [-0.1, -0.05) is 17.7 Å².